The molecular formula is C22H29N3O3. The summed E-state index contributed by atoms with van der Waals surface area (Å²) in [5.41, 5.74) is 0.524. The third-order valence-corrected chi connectivity index (χ3v) is 4.65. The van der Waals surface area contributed by atoms with Crippen molar-refractivity contribution in [1.82, 2.24) is 15.5 Å². The Labute approximate surface area is 166 Å². The second kappa shape index (κ2) is 10.7. The molecule has 3 rings (SSSR count). The van der Waals surface area contributed by atoms with Gasteiger partial charge in [-0.05, 0) is 44.2 Å². The molecule has 0 saturated carbocycles. The largest absolute Gasteiger partial charge is 0.490 e. The summed E-state index contributed by atoms with van der Waals surface area (Å²) in [6.45, 7) is 8.36. The maximum atomic E-state index is 12.7. The lowest BCUT2D eigenvalue weighted by molar-refractivity contribution is 0.0949. The van der Waals surface area contributed by atoms with Gasteiger partial charge in [0.1, 0.15) is 5.75 Å². The smallest absolute Gasteiger partial charge is 0.255 e. The zero-order valence-corrected chi connectivity index (χ0v) is 16.4. The predicted octanol–water partition coefficient (Wildman–Crippen LogP) is 2.90. The predicted molar refractivity (Wildman–Crippen MR) is 110 cm³/mol. The van der Waals surface area contributed by atoms with Crippen molar-refractivity contribution in [3.05, 3.63) is 54.1 Å². The Kier molecular flexibility index (Phi) is 7.70. The highest BCUT2D eigenvalue weighted by Crippen LogP contribution is 2.32. The molecule has 0 spiro atoms. The summed E-state index contributed by atoms with van der Waals surface area (Å²) in [4.78, 5) is 15.1. The van der Waals surface area contributed by atoms with Gasteiger partial charge in [0, 0.05) is 32.7 Å². The first-order chi connectivity index (χ1) is 13.8. The summed E-state index contributed by atoms with van der Waals surface area (Å²) < 4.78 is 11.6. The standard InChI is InChI=1S/C22H29N3O3/c1-2-27-20-10-5-6-11-21(20)28-19-9-4-3-8-18(19)22(26)24-12-7-15-25-16-13-23-14-17-25/h3-6,8-11,23H,2,7,12-17H2,1H3,(H,24,26). The fraction of sp³-hybridized carbons (Fsp3) is 0.409. The fourth-order valence-corrected chi connectivity index (χ4v) is 3.21. The molecule has 0 aliphatic carbocycles. The van der Waals surface area contributed by atoms with Crippen LogP contribution in [0, 0.1) is 0 Å². The van der Waals surface area contributed by atoms with Gasteiger partial charge in [-0.15, -0.1) is 0 Å². The van der Waals surface area contributed by atoms with E-state index < -0.39 is 0 Å². The minimum Gasteiger partial charge on any atom is -0.490 e. The van der Waals surface area contributed by atoms with Gasteiger partial charge < -0.3 is 25.0 Å². The molecule has 0 bridgehead atoms. The molecule has 150 valence electrons. The SMILES string of the molecule is CCOc1ccccc1Oc1ccccc1C(=O)NCCCN1CCNCC1. The van der Waals surface area contributed by atoms with E-state index in [9.17, 15) is 4.79 Å². The second-order valence-electron chi connectivity index (χ2n) is 6.68. The number of nitrogens with zero attached hydrogens (tertiary/aromatic N) is 1. The summed E-state index contributed by atoms with van der Waals surface area (Å²) in [6.07, 6.45) is 0.932. The van der Waals surface area contributed by atoms with Gasteiger partial charge in [0.05, 0.1) is 12.2 Å². The van der Waals surface area contributed by atoms with Gasteiger partial charge in [0.25, 0.3) is 5.91 Å². The third-order valence-electron chi connectivity index (χ3n) is 4.65. The number of piperazine rings is 1. The van der Waals surface area contributed by atoms with Crippen LogP contribution in [0.25, 0.3) is 0 Å². The maximum absolute atomic E-state index is 12.7. The lowest BCUT2D eigenvalue weighted by atomic mass is 10.2. The van der Waals surface area contributed by atoms with Crippen molar-refractivity contribution in [2.45, 2.75) is 13.3 Å². The number of nitrogens with one attached hydrogen (secondary N) is 2. The van der Waals surface area contributed by atoms with Gasteiger partial charge in [-0.2, -0.15) is 0 Å². The van der Waals surface area contributed by atoms with E-state index in [1.165, 1.54) is 0 Å². The molecule has 6 nitrogen and oxygen atoms in total. The van der Waals surface area contributed by atoms with Gasteiger partial charge in [-0.25, -0.2) is 0 Å². The monoisotopic (exact) mass is 383 g/mol. The first-order valence-corrected chi connectivity index (χ1v) is 9.98. The number of para-hydroxylation sites is 3. The van der Waals surface area contributed by atoms with Crippen molar-refractivity contribution in [2.24, 2.45) is 0 Å². The normalized spacial score (nSPS) is 14.5. The number of carbonyl (C=O) groups excluding carboxylic acids is 1. The molecular weight excluding hydrogens is 354 g/mol. The Morgan fingerprint density at radius 2 is 1.71 bits per heavy atom. The van der Waals surface area contributed by atoms with Gasteiger partial charge in [0.2, 0.25) is 0 Å². The van der Waals surface area contributed by atoms with Crippen molar-refractivity contribution in [3.8, 4) is 17.2 Å². The van der Waals surface area contributed by atoms with Crippen LogP contribution in [0.15, 0.2) is 48.5 Å². The average molecular weight is 383 g/mol. The molecule has 2 N–H and O–H groups in total. The van der Waals surface area contributed by atoms with E-state index in [0.29, 0.717) is 36.0 Å². The topological polar surface area (TPSA) is 62.8 Å². The summed E-state index contributed by atoms with van der Waals surface area (Å²) >= 11 is 0. The summed E-state index contributed by atoms with van der Waals surface area (Å²) in [5.74, 6) is 1.67. The van der Waals surface area contributed by atoms with Gasteiger partial charge >= 0.3 is 0 Å². The molecule has 1 aliphatic heterocycles. The molecule has 1 heterocycles. The van der Waals surface area contributed by atoms with Crippen LogP contribution in [-0.2, 0) is 0 Å². The molecule has 1 aliphatic rings. The lowest BCUT2D eigenvalue weighted by Gasteiger charge is -2.27. The summed E-state index contributed by atoms with van der Waals surface area (Å²) in [6, 6.07) is 14.8. The van der Waals surface area contributed by atoms with Gasteiger partial charge in [-0.3, -0.25) is 4.79 Å². The number of hydrogen-bond donors (Lipinski definition) is 2. The Bertz CT molecular complexity index is 760. The van der Waals surface area contributed by atoms with E-state index in [2.05, 4.69) is 15.5 Å². The Hall–Kier alpha value is -2.57. The summed E-state index contributed by atoms with van der Waals surface area (Å²) in [5, 5.41) is 6.36. The molecule has 0 radical (unpaired) electrons. The maximum Gasteiger partial charge on any atom is 0.255 e. The first kappa shape index (κ1) is 20.2. The van der Waals surface area contributed by atoms with E-state index in [0.717, 1.165) is 39.1 Å². The van der Waals surface area contributed by atoms with E-state index in [1.807, 2.05) is 43.3 Å². The van der Waals surface area contributed by atoms with E-state index in [4.69, 9.17) is 9.47 Å². The highest BCUT2D eigenvalue weighted by Gasteiger charge is 2.15. The molecule has 0 aromatic heterocycles. The number of carbonyl (C=O) groups is 1. The van der Waals surface area contributed by atoms with Crippen molar-refractivity contribution < 1.29 is 14.3 Å². The van der Waals surface area contributed by atoms with Gasteiger partial charge in [-0.1, -0.05) is 24.3 Å². The van der Waals surface area contributed by atoms with Crippen molar-refractivity contribution >= 4 is 5.91 Å². The van der Waals surface area contributed by atoms with Crippen LogP contribution in [0.3, 0.4) is 0 Å². The molecule has 28 heavy (non-hydrogen) atoms. The quantitative estimate of drug-likeness (QED) is 0.652. The number of rotatable bonds is 9. The average Bonchev–Trinajstić information content (AvgIpc) is 2.74. The van der Waals surface area contributed by atoms with Gasteiger partial charge in [0.15, 0.2) is 11.5 Å². The zero-order chi connectivity index (χ0) is 19.6. The number of hydrogen-bond acceptors (Lipinski definition) is 5. The molecule has 1 fully saturated rings. The number of ether oxygens (including phenoxy) is 2. The number of benzene rings is 2. The van der Waals surface area contributed by atoms with E-state index >= 15 is 0 Å². The van der Waals surface area contributed by atoms with Crippen LogP contribution in [0.2, 0.25) is 0 Å². The molecule has 2 aromatic carbocycles. The first-order valence-electron chi connectivity index (χ1n) is 9.98. The van der Waals surface area contributed by atoms with Crippen LogP contribution in [0.5, 0.6) is 17.2 Å². The zero-order valence-electron chi connectivity index (χ0n) is 16.4. The van der Waals surface area contributed by atoms with Crippen LogP contribution in [-0.4, -0.2) is 56.7 Å². The van der Waals surface area contributed by atoms with Crippen LogP contribution < -0.4 is 20.1 Å². The molecule has 6 heteroatoms. The Balaban J connectivity index is 1.57. The molecule has 1 saturated heterocycles. The van der Waals surface area contributed by atoms with E-state index in [1.54, 1.807) is 12.1 Å². The minimum atomic E-state index is -0.121. The fourth-order valence-electron chi connectivity index (χ4n) is 3.21. The highest BCUT2D eigenvalue weighted by atomic mass is 16.5. The molecule has 0 atom stereocenters. The third kappa shape index (κ3) is 5.71. The molecule has 1 amide bonds. The minimum absolute atomic E-state index is 0.121. The van der Waals surface area contributed by atoms with Crippen LogP contribution in [0.4, 0.5) is 0 Å². The van der Waals surface area contributed by atoms with Crippen molar-refractivity contribution in [2.75, 3.05) is 45.9 Å². The van der Waals surface area contributed by atoms with Crippen LogP contribution in [0.1, 0.15) is 23.7 Å². The Morgan fingerprint density at radius 3 is 2.46 bits per heavy atom. The second-order valence-corrected chi connectivity index (χ2v) is 6.68. The summed E-state index contributed by atoms with van der Waals surface area (Å²) in [7, 11) is 0. The molecule has 2 aromatic rings. The van der Waals surface area contributed by atoms with Crippen molar-refractivity contribution in [3.63, 3.8) is 0 Å². The van der Waals surface area contributed by atoms with Crippen molar-refractivity contribution in [1.29, 1.82) is 0 Å². The lowest BCUT2D eigenvalue weighted by Crippen LogP contribution is -2.44. The van der Waals surface area contributed by atoms with E-state index in [-0.39, 0.29) is 5.91 Å². The number of amides is 1. The Morgan fingerprint density at radius 1 is 1.04 bits per heavy atom. The van der Waals surface area contributed by atoms with Crippen LogP contribution >= 0.6 is 0 Å². The molecule has 0 unspecified atom stereocenters. The highest BCUT2D eigenvalue weighted by molar-refractivity contribution is 5.97.